The van der Waals surface area contributed by atoms with Gasteiger partial charge in [0.1, 0.15) is 11.5 Å². The summed E-state index contributed by atoms with van der Waals surface area (Å²) in [6.45, 7) is 2.80. The van der Waals surface area contributed by atoms with Crippen molar-refractivity contribution in [3.05, 3.63) is 90.3 Å². The first-order chi connectivity index (χ1) is 17.4. The molecule has 2 N–H and O–H groups in total. The topological polar surface area (TPSA) is 115 Å². The van der Waals surface area contributed by atoms with Crippen molar-refractivity contribution >= 4 is 35.2 Å². The molecule has 0 atom stereocenters. The molecule has 4 rings (SSSR count). The van der Waals surface area contributed by atoms with Crippen LogP contribution < -0.4 is 10.6 Å². The number of furan rings is 1. The number of benzene rings is 2. The molecule has 0 fully saturated rings. The van der Waals surface area contributed by atoms with Gasteiger partial charge in [0.05, 0.1) is 5.69 Å². The van der Waals surface area contributed by atoms with Crippen LogP contribution in [0.4, 0.5) is 11.4 Å². The van der Waals surface area contributed by atoms with Crippen LogP contribution in [-0.2, 0) is 19.1 Å². The van der Waals surface area contributed by atoms with Gasteiger partial charge in [0.25, 0.3) is 5.91 Å². The fourth-order valence-corrected chi connectivity index (χ4v) is 3.36. The molecule has 36 heavy (non-hydrogen) atoms. The minimum Gasteiger partial charge on any atom is -0.460 e. The third-order valence-electron chi connectivity index (χ3n) is 4.97. The third-order valence-corrected chi connectivity index (χ3v) is 4.97. The Morgan fingerprint density at radius 3 is 2.31 bits per heavy atom. The zero-order valence-electron chi connectivity index (χ0n) is 19.7. The molecule has 2 aromatic carbocycles. The number of aryl methyl sites for hydroxylation is 1. The number of carbonyl (C=O) groups excluding carboxylic acids is 3. The number of nitrogens with one attached hydrogen (secondary N) is 2. The lowest BCUT2D eigenvalue weighted by Gasteiger charge is -2.07. The van der Waals surface area contributed by atoms with E-state index in [-0.39, 0.29) is 5.91 Å². The highest BCUT2D eigenvalue weighted by atomic mass is 16.5. The van der Waals surface area contributed by atoms with Gasteiger partial charge in [-0.1, -0.05) is 18.2 Å². The van der Waals surface area contributed by atoms with Gasteiger partial charge in [0, 0.05) is 36.1 Å². The van der Waals surface area contributed by atoms with Crippen molar-refractivity contribution in [3.8, 4) is 17.1 Å². The van der Waals surface area contributed by atoms with Gasteiger partial charge in [0.2, 0.25) is 5.91 Å². The molecule has 0 spiro atoms. The second-order valence-electron chi connectivity index (χ2n) is 7.87. The minimum absolute atomic E-state index is 0.189. The number of hydrogen-bond acceptors (Lipinski definition) is 6. The van der Waals surface area contributed by atoms with Crippen molar-refractivity contribution in [3.63, 3.8) is 0 Å². The second-order valence-corrected chi connectivity index (χ2v) is 7.87. The predicted molar refractivity (Wildman–Crippen MR) is 135 cm³/mol. The Morgan fingerprint density at radius 1 is 0.972 bits per heavy atom. The molecule has 0 saturated carbocycles. The molecule has 4 aromatic rings. The first-order valence-corrected chi connectivity index (χ1v) is 11.1. The number of ether oxygens (including phenoxy) is 1. The number of carbonyl (C=O) groups is 3. The predicted octanol–water partition coefficient (Wildman–Crippen LogP) is 4.59. The maximum absolute atomic E-state index is 12.3. The lowest BCUT2D eigenvalue weighted by atomic mass is 10.2. The first kappa shape index (κ1) is 24.2. The lowest BCUT2D eigenvalue weighted by molar-refractivity contribution is -0.142. The molecule has 9 nitrogen and oxygen atoms in total. The SMILES string of the molecule is CC(=O)Nc1ccc(NC(=O)COC(=O)/C=C/c2cn(-c3ccccc3)nc2-c2ccc(C)o2)cc1. The molecule has 0 saturated heterocycles. The molecule has 0 radical (unpaired) electrons. The molecule has 0 bridgehead atoms. The van der Waals surface area contributed by atoms with Crippen LogP contribution in [0.5, 0.6) is 0 Å². The van der Waals surface area contributed by atoms with Crippen molar-refractivity contribution in [2.24, 2.45) is 0 Å². The summed E-state index contributed by atoms with van der Waals surface area (Å²) in [6, 6.07) is 19.8. The normalized spacial score (nSPS) is 10.8. The van der Waals surface area contributed by atoms with Crippen LogP contribution in [0, 0.1) is 6.92 Å². The summed E-state index contributed by atoms with van der Waals surface area (Å²) in [4.78, 5) is 35.5. The molecule has 2 aromatic heterocycles. The van der Waals surface area contributed by atoms with E-state index in [0.717, 1.165) is 11.4 Å². The molecule has 2 amide bonds. The molecule has 0 aliphatic rings. The van der Waals surface area contributed by atoms with Crippen LogP contribution in [0.25, 0.3) is 23.2 Å². The summed E-state index contributed by atoms with van der Waals surface area (Å²) in [7, 11) is 0. The van der Waals surface area contributed by atoms with E-state index in [1.54, 1.807) is 41.2 Å². The number of rotatable bonds is 8. The lowest BCUT2D eigenvalue weighted by Crippen LogP contribution is -2.20. The summed E-state index contributed by atoms with van der Waals surface area (Å²) < 4.78 is 12.5. The van der Waals surface area contributed by atoms with Gasteiger partial charge in [0.15, 0.2) is 12.4 Å². The number of aromatic nitrogens is 2. The highest BCUT2D eigenvalue weighted by molar-refractivity contribution is 5.95. The van der Waals surface area contributed by atoms with E-state index in [2.05, 4.69) is 15.7 Å². The van der Waals surface area contributed by atoms with Gasteiger partial charge in [-0.15, -0.1) is 0 Å². The molecule has 0 unspecified atom stereocenters. The Morgan fingerprint density at radius 2 is 1.67 bits per heavy atom. The van der Waals surface area contributed by atoms with E-state index in [1.807, 2.05) is 49.4 Å². The standard InChI is InChI=1S/C27H24N4O5/c1-18-8-14-24(36-18)27-20(16-31(30-27)23-6-4-3-5-7-23)9-15-26(34)35-17-25(33)29-22-12-10-21(11-13-22)28-19(2)32/h3-16H,17H2,1-2H3,(H,28,32)(H,29,33)/b15-9+. The van der Waals surface area contributed by atoms with Gasteiger partial charge in [-0.25, -0.2) is 9.48 Å². The molecule has 0 aliphatic carbocycles. The maximum atomic E-state index is 12.3. The Labute approximate surface area is 207 Å². The van der Waals surface area contributed by atoms with Crippen LogP contribution >= 0.6 is 0 Å². The van der Waals surface area contributed by atoms with Gasteiger partial charge in [-0.3, -0.25) is 9.59 Å². The largest absolute Gasteiger partial charge is 0.460 e. The first-order valence-electron chi connectivity index (χ1n) is 11.1. The molecule has 0 aliphatic heterocycles. The Bertz CT molecular complexity index is 1400. The van der Waals surface area contributed by atoms with Crippen LogP contribution in [-0.4, -0.2) is 34.2 Å². The van der Waals surface area contributed by atoms with Crippen molar-refractivity contribution in [1.82, 2.24) is 9.78 Å². The fraction of sp³-hybridized carbons (Fsp3) is 0.111. The van der Waals surface area contributed by atoms with E-state index >= 15 is 0 Å². The summed E-state index contributed by atoms with van der Waals surface area (Å²) in [5, 5.41) is 9.88. The van der Waals surface area contributed by atoms with Crippen LogP contribution in [0.15, 0.2) is 83.4 Å². The minimum atomic E-state index is -0.680. The number of para-hydroxylation sites is 1. The smallest absolute Gasteiger partial charge is 0.331 e. The van der Waals surface area contributed by atoms with Crippen molar-refractivity contribution in [2.75, 3.05) is 17.2 Å². The summed E-state index contributed by atoms with van der Waals surface area (Å²) in [5.41, 5.74) is 3.18. The van der Waals surface area contributed by atoms with Crippen molar-refractivity contribution in [1.29, 1.82) is 0 Å². The average molecular weight is 485 g/mol. The Kier molecular flexibility index (Phi) is 7.40. The fourth-order valence-electron chi connectivity index (χ4n) is 3.36. The van der Waals surface area contributed by atoms with Gasteiger partial charge < -0.3 is 19.8 Å². The third kappa shape index (κ3) is 6.35. The van der Waals surface area contributed by atoms with E-state index in [0.29, 0.717) is 28.4 Å². The molecule has 9 heteroatoms. The maximum Gasteiger partial charge on any atom is 0.331 e. The number of esters is 1. The summed E-state index contributed by atoms with van der Waals surface area (Å²) in [6.07, 6.45) is 4.59. The van der Waals surface area contributed by atoms with Gasteiger partial charge >= 0.3 is 5.97 Å². The Hall–Kier alpha value is -4.92. The van der Waals surface area contributed by atoms with E-state index in [1.165, 1.54) is 13.0 Å². The van der Waals surface area contributed by atoms with Gasteiger partial charge in [-0.2, -0.15) is 5.10 Å². The Balaban J connectivity index is 1.39. The van der Waals surface area contributed by atoms with E-state index in [9.17, 15) is 14.4 Å². The molecule has 2 heterocycles. The zero-order valence-corrected chi connectivity index (χ0v) is 19.7. The van der Waals surface area contributed by atoms with Crippen molar-refractivity contribution < 1.29 is 23.5 Å². The number of nitrogens with zero attached hydrogens (tertiary/aromatic N) is 2. The van der Waals surface area contributed by atoms with E-state index < -0.39 is 18.5 Å². The summed E-state index contributed by atoms with van der Waals surface area (Å²) in [5.74, 6) is -0.0538. The van der Waals surface area contributed by atoms with Crippen LogP contribution in [0.2, 0.25) is 0 Å². The highest BCUT2D eigenvalue weighted by Gasteiger charge is 2.14. The zero-order chi connectivity index (χ0) is 25.5. The molecule has 182 valence electrons. The molecular weight excluding hydrogens is 460 g/mol. The molecular formula is C27H24N4O5. The summed E-state index contributed by atoms with van der Waals surface area (Å²) >= 11 is 0. The van der Waals surface area contributed by atoms with Crippen LogP contribution in [0.1, 0.15) is 18.2 Å². The number of hydrogen-bond donors (Lipinski definition) is 2. The average Bonchev–Trinajstić information content (AvgIpc) is 3.49. The van der Waals surface area contributed by atoms with E-state index in [4.69, 9.17) is 9.15 Å². The number of anilines is 2. The van der Waals surface area contributed by atoms with Crippen molar-refractivity contribution in [2.45, 2.75) is 13.8 Å². The quantitative estimate of drug-likeness (QED) is 0.279. The number of amides is 2. The van der Waals surface area contributed by atoms with Gasteiger partial charge in [-0.05, 0) is 61.5 Å². The van der Waals surface area contributed by atoms with Crippen LogP contribution in [0.3, 0.4) is 0 Å². The monoisotopic (exact) mass is 484 g/mol. The second kappa shape index (κ2) is 11.0. The highest BCUT2D eigenvalue weighted by Crippen LogP contribution is 2.26.